The zero-order chi connectivity index (χ0) is 11.3. The Morgan fingerprint density at radius 3 is 2.75 bits per heavy atom. The number of fused-ring (bicyclic) bond motifs is 1. The summed E-state index contributed by atoms with van der Waals surface area (Å²) in [5.41, 5.74) is 3.36. The minimum Gasteiger partial charge on any atom is -0.423 e. The highest BCUT2D eigenvalue weighted by atomic mass is 16.4. The first kappa shape index (κ1) is 9.87. The van der Waals surface area contributed by atoms with Gasteiger partial charge in [0.15, 0.2) is 0 Å². The maximum Gasteiger partial charge on any atom is 0.489 e. The summed E-state index contributed by atoms with van der Waals surface area (Å²) in [6, 6.07) is 3.79. The molecule has 0 amide bonds. The molecular formula is C11H13BN2O2. The van der Waals surface area contributed by atoms with E-state index < -0.39 is 7.12 Å². The van der Waals surface area contributed by atoms with Crippen molar-refractivity contribution in [1.29, 1.82) is 0 Å². The fourth-order valence-electron chi connectivity index (χ4n) is 2.26. The molecule has 0 spiro atoms. The highest BCUT2D eigenvalue weighted by molar-refractivity contribution is 6.62. The maximum absolute atomic E-state index is 9.46. The van der Waals surface area contributed by atoms with Crippen LogP contribution in [-0.2, 0) is 0 Å². The van der Waals surface area contributed by atoms with Crippen LogP contribution in [0.5, 0.6) is 0 Å². The van der Waals surface area contributed by atoms with Crippen LogP contribution in [0.25, 0.3) is 10.9 Å². The highest BCUT2D eigenvalue weighted by Crippen LogP contribution is 2.41. The number of aryl methyl sites for hydroxylation is 1. The number of hydrogen-bond donors (Lipinski definition) is 3. The summed E-state index contributed by atoms with van der Waals surface area (Å²) >= 11 is 0. The number of nitrogens with one attached hydrogen (secondary N) is 1. The maximum atomic E-state index is 9.46. The Morgan fingerprint density at radius 1 is 1.38 bits per heavy atom. The van der Waals surface area contributed by atoms with Gasteiger partial charge in [-0.1, -0.05) is 11.6 Å². The summed E-state index contributed by atoms with van der Waals surface area (Å²) in [6.07, 6.45) is 2.32. The van der Waals surface area contributed by atoms with E-state index in [4.69, 9.17) is 0 Å². The smallest absolute Gasteiger partial charge is 0.423 e. The van der Waals surface area contributed by atoms with Gasteiger partial charge in [0.25, 0.3) is 0 Å². The van der Waals surface area contributed by atoms with Gasteiger partial charge < -0.3 is 10.0 Å². The van der Waals surface area contributed by atoms with Crippen LogP contribution in [0.2, 0.25) is 0 Å². The van der Waals surface area contributed by atoms with Crippen LogP contribution < -0.4 is 5.46 Å². The van der Waals surface area contributed by atoms with Crippen molar-refractivity contribution in [2.24, 2.45) is 0 Å². The van der Waals surface area contributed by atoms with Crippen molar-refractivity contribution in [2.45, 2.75) is 25.7 Å². The van der Waals surface area contributed by atoms with Crippen LogP contribution in [0, 0.1) is 6.92 Å². The van der Waals surface area contributed by atoms with Crippen LogP contribution in [0.3, 0.4) is 0 Å². The number of hydrogen-bond acceptors (Lipinski definition) is 3. The van der Waals surface area contributed by atoms with Gasteiger partial charge in [0, 0.05) is 17.0 Å². The van der Waals surface area contributed by atoms with Crippen molar-refractivity contribution in [1.82, 2.24) is 10.2 Å². The van der Waals surface area contributed by atoms with Gasteiger partial charge in [0.1, 0.15) is 0 Å². The fraction of sp³-hybridized carbons (Fsp3) is 0.364. The number of benzene rings is 1. The van der Waals surface area contributed by atoms with Crippen molar-refractivity contribution in [2.75, 3.05) is 0 Å². The summed E-state index contributed by atoms with van der Waals surface area (Å²) in [5.74, 6) is 0.518. The second kappa shape index (κ2) is 3.33. The van der Waals surface area contributed by atoms with Crippen LogP contribution in [-0.4, -0.2) is 27.4 Å². The van der Waals surface area contributed by atoms with Gasteiger partial charge in [-0.2, -0.15) is 5.10 Å². The molecule has 0 bridgehead atoms. The quantitative estimate of drug-likeness (QED) is 0.637. The lowest BCUT2D eigenvalue weighted by atomic mass is 9.74. The molecule has 3 rings (SSSR count). The average molecular weight is 216 g/mol. The van der Waals surface area contributed by atoms with Crippen molar-refractivity contribution in [3.05, 3.63) is 23.4 Å². The van der Waals surface area contributed by atoms with E-state index in [0.29, 0.717) is 11.4 Å². The zero-order valence-corrected chi connectivity index (χ0v) is 9.07. The van der Waals surface area contributed by atoms with Crippen molar-refractivity contribution in [3.63, 3.8) is 0 Å². The molecule has 2 aromatic rings. The van der Waals surface area contributed by atoms with E-state index in [9.17, 15) is 10.0 Å². The first-order chi connectivity index (χ1) is 7.68. The Bertz CT molecular complexity index is 546. The molecule has 1 aromatic carbocycles. The minimum atomic E-state index is -1.43. The summed E-state index contributed by atoms with van der Waals surface area (Å²) in [7, 11) is -1.43. The lowest BCUT2D eigenvalue weighted by molar-refractivity contribution is 0.426. The predicted octanol–water partition coefficient (Wildman–Crippen LogP) is 0.429. The molecule has 0 aliphatic heterocycles. The number of aromatic nitrogens is 2. The van der Waals surface area contributed by atoms with Gasteiger partial charge in [0.2, 0.25) is 0 Å². The molecule has 3 N–H and O–H groups in total. The van der Waals surface area contributed by atoms with Gasteiger partial charge >= 0.3 is 7.12 Å². The molecule has 1 saturated carbocycles. The molecule has 1 aliphatic rings. The van der Waals surface area contributed by atoms with Crippen molar-refractivity contribution >= 4 is 23.5 Å². The molecule has 0 unspecified atom stereocenters. The van der Waals surface area contributed by atoms with E-state index >= 15 is 0 Å². The molecule has 5 heteroatoms. The second-order valence-electron chi connectivity index (χ2n) is 4.48. The Labute approximate surface area is 93.4 Å². The molecule has 0 atom stereocenters. The topological polar surface area (TPSA) is 69.1 Å². The SMILES string of the molecule is Cc1ccc2n[nH]c(C3CC3)c2c1B(O)O. The largest absolute Gasteiger partial charge is 0.489 e. The molecule has 1 heterocycles. The lowest BCUT2D eigenvalue weighted by Gasteiger charge is -2.07. The number of rotatable bonds is 2. The van der Waals surface area contributed by atoms with E-state index in [1.807, 2.05) is 19.1 Å². The van der Waals surface area contributed by atoms with Crippen molar-refractivity contribution < 1.29 is 10.0 Å². The van der Waals surface area contributed by atoms with Crippen LogP contribution >= 0.6 is 0 Å². The molecule has 1 aromatic heterocycles. The van der Waals surface area contributed by atoms with Crippen LogP contribution in [0.4, 0.5) is 0 Å². The molecular weight excluding hydrogens is 203 g/mol. The fourth-order valence-corrected chi connectivity index (χ4v) is 2.26. The van der Waals surface area contributed by atoms with E-state index in [2.05, 4.69) is 10.2 Å². The predicted molar refractivity (Wildman–Crippen MR) is 62.6 cm³/mol. The Morgan fingerprint density at radius 2 is 2.12 bits per heavy atom. The highest BCUT2D eigenvalue weighted by Gasteiger charge is 2.30. The summed E-state index contributed by atoms with van der Waals surface area (Å²) < 4.78 is 0. The van der Waals surface area contributed by atoms with E-state index in [0.717, 1.165) is 35.0 Å². The zero-order valence-electron chi connectivity index (χ0n) is 9.07. The summed E-state index contributed by atoms with van der Waals surface area (Å²) in [5, 5.41) is 27.1. The molecule has 82 valence electrons. The van der Waals surface area contributed by atoms with Gasteiger partial charge in [-0.15, -0.1) is 0 Å². The van der Waals surface area contributed by atoms with Gasteiger partial charge in [-0.05, 0) is 31.3 Å². The molecule has 0 saturated heterocycles. The third kappa shape index (κ3) is 1.36. The van der Waals surface area contributed by atoms with Crippen molar-refractivity contribution in [3.8, 4) is 0 Å². The van der Waals surface area contributed by atoms with E-state index in [-0.39, 0.29) is 0 Å². The van der Waals surface area contributed by atoms with Crippen LogP contribution in [0.1, 0.15) is 30.0 Å². The minimum absolute atomic E-state index is 0.518. The molecule has 1 fully saturated rings. The Balaban J connectivity index is 2.33. The van der Waals surface area contributed by atoms with Crippen LogP contribution in [0.15, 0.2) is 12.1 Å². The molecule has 4 nitrogen and oxygen atoms in total. The molecule has 0 radical (unpaired) electrons. The van der Waals surface area contributed by atoms with E-state index in [1.165, 1.54) is 0 Å². The molecule has 16 heavy (non-hydrogen) atoms. The van der Waals surface area contributed by atoms with Gasteiger partial charge in [-0.3, -0.25) is 5.10 Å². The monoisotopic (exact) mass is 216 g/mol. The lowest BCUT2D eigenvalue weighted by Crippen LogP contribution is -2.33. The number of H-pyrrole nitrogens is 1. The first-order valence-electron chi connectivity index (χ1n) is 5.52. The van der Waals surface area contributed by atoms with Gasteiger partial charge in [-0.25, -0.2) is 0 Å². The number of aromatic amines is 1. The van der Waals surface area contributed by atoms with Gasteiger partial charge in [0.05, 0.1) is 5.52 Å². The third-order valence-electron chi connectivity index (χ3n) is 3.25. The summed E-state index contributed by atoms with van der Waals surface area (Å²) in [6.45, 7) is 1.89. The standard InChI is InChI=1S/C11H13BN2O2/c1-6-2-5-8-9(10(6)12(15)16)11(14-13-8)7-3-4-7/h2,5,7,15-16H,3-4H2,1H3,(H,13,14). The molecule has 1 aliphatic carbocycles. The number of nitrogens with zero attached hydrogens (tertiary/aromatic N) is 1. The Kier molecular flexibility index (Phi) is 2.06. The first-order valence-corrected chi connectivity index (χ1v) is 5.52. The third-order valence-corrected chi connectivity index (χ3v) is 3.25. The Hall–Kier alpha value is -1.33. The summed E-state index contributed by atoms with van der Waals surface area (Å²) in [4.78, 5) is 0. The van der Waals surface area contributed by atoms with E-state index in [1.54, 1.807) is 0 Å². The normalized spacial score (nSPS) is 15.7. The second-order valence-corrected chi connectivity index (χ2v) is 4.48. The average Bonchev–Trinajstić information content (AvgIpc) is 2.99.